The average molecular weight is 293 g/mol. The number of carbonyl (C=O) groups is 1. The number of likely N-dealkylation sites (tertiary alicyclic amines) is 1. The molecule has 1 amide bonds. The summed E-state index contributed by atoms with van der Waals surface area (Å²) in [6.45, 7) is 11.1. The standard InChI is InChI=1S/C17H31N3O/c1-5-12(4)15-17(21)20(16(18-15)11(2)3)14-8-9-19(10-14)13-6-7-13/h11-16,18H,5-10H2,1-4H3. The SMILES string of the molecule is CCC(C)C1NC(C(C)C)N(C2CCN(C3CC3)C2)C1=O. The first-order valence-electron chi connectivity index (χ1n) is 8.85. The molecule has 4 heteroatoms. The van der Waals surface area contributed by atoms with E-state index in [-0.39, 0.29) is 12.2 Å². The fraction of sp³-hybridized carbons (Fsp3) is 0.941. The zero-order valence-electron chi connectivity index (χ0n) is 14.0. The Morgan fingerprint density at radius 1 is 1.19 bits per heavy atom. The first kappa shape index (κ1) is 15.3. The normalized spacial score (nSPS) is 36.0. The van der Waals surface area contributed by atoms with Crippen molar-refractivity contribution in [1.29, 1.82) is 0 Å². The van der Waals surface area contributed by atoms with Crippen LogP contribution in [0.4, 0.5) is 0 Å². The Hall–Kier alpha value is -0.610. The lowest BCUT2D eigenvalue weighted by Crippen LogP contribution is -2.48. The number of carbonyl (C=O) groups excluding carboxylic acids is 1. The van der Waals surface area contributed by atoms with E-state index in [1.807, 2.05) is 0 Å². The summed E-state index contributed by atoms with van der Waals surface area (Å²) >= 11 is 0. The Morgan fingerprint density at radius 2 is 1.90 bits per heavy atom. The average Bonchev–Trinajstić information content (AvgIpc) is 3.09. The summed E-state index contributed by atoms with van der Waals surface area (Å²) < 4.78 is 0. The zero-order valence-corrected chi connectivity index (χ0v) is 14.0. The third-order valence-electron chi connectivity index (χ3n) is 5.67. The number of nitrogens with one attached hydrogen (secondary N) is 1. The van der Waals surface area contributed by atoms with Crippen LogP contribution in [-0.4, -0.2) is 53.1 Å². The Balaban J connectivity index is 1.73. The zero-order chi connectivity index (χ0) is 15.1. The molecule has 2 saturated heterocycles. The van der Waals surface area contributed by atoms with Crippen LogP contribution in [-0.2, 0) is 4.79 Å². The quantitative estimate of drug-likeness (QED) is 0.843. The summed E-state index contributed by atoms with van der Waals surface area (Å²) in [4.78, 5) is 17.8. The number of rotatable bonds is 5. The van der Waals surface area contributed by atoms with Crippen molar-refractivity contribution >= 4 is 5.91 Å². The van der Waals surface area contributed by atoms with E-state index in [9.17, 15) is 4.79 Å². The van der Waals surface area contributed by atoms with Crippen LogP contribution in [0.5, 0.6) is 0 Å². The van der Waals surface area contributed by atoms with Gasteiger partial charge in [-0.3, -0.25) is 15.0 Å². The topological polar surface area (TPSA) is 35.6 Å². The van der Waals surface area contributed by atoms with Gasteiger partial charge in [0, 0.05) is 25.2 Å². The maximum Gasteiger partial charge on any atom is 0.241 e. The lowest BCUT2D eigenvalue weighted by atomic mass is 9.99. The van der Waals surface area contributed by atoms with Gasteiger partial charge in [-0.05, 0) is 31.1 Å². The first-order valence-corrected chi connectivity index (χ1v) is 8.85. The third kappa shape index (κ3) is 2.85. The van der Waals surface area contributed by atoms with Crippen LogP contribution in [0.3, 0.4) is 0 Å². The minimum Gasteiger partial charge on any atom is -0.321 e. The maximum absolute atomic E-state index is 12.9. The van der Waals surface area contributed by atoms with E-state index in [0.717, 1.165) is 25.4 Å². The highest BCUT2D eigenvalue weighted by Gasteiger charge is 2.47. The molecule has 1 aliphatic carbocycles. The van der Waals surface area contributed by atoms with Gasteiger partial charge in [-0.1, -0.05) is 34.1 Å². The summed E-state index contributed by atoms with van der Waals surface area (Å²) in [6.07, 6.45) is 5.16. The van der Waals surface area contributed by atoms with Crippen molar-refractivity contribution in [3.05, 3.63) is 0 Å². The monoisotopic (exact) mass is 293 g/mol. The first-order chi connectivity index (χ1) is 10.0. The van der Waals surface area contributed by atoms with Crippen LogP contribution in [0.2, 0.25) is 0 Å². The van der Waals surface area contributed by atoms with Crippen molar-refractivity contribution in [2.75, 3.05) is 13.1 Å². The number of amides is 1. The predicted molar refractivity (Wildman–Crippen MR) is 84.9 cm³/mol. The van der Waals surface area contributed by atoms with E-state index in [1.54, 1.807) is 0 Å². The lowest BCUT2D eigenvalue weighted by Gasteiger charge is -2.32. The van der Waals surface area contributed by atoms with Gasteiger partial charge in [0.05, 0.1) is 12.2 Å². The molecular weight excluding hydrogens is 262 g/mol. The van der Waals surface area contributed by atoms with Crippen LogP contribution >= 0.6 is 0 Å². The molecule has 0 spiro atoms. The van der Waals surface area contributed by atoms with Crippen molar-refractivity contribution in [1.82, 2.24) is 15.1 Å². The molecule has 0 radical (unpaired) electrons. The molecule has 3 fully saturated rings. The van der Waals surface area contributed by atoms with Crippen molar-refractivity contribution in [2.24, 2.45) is 11.8 Å². The minimum absolute atomic E-state index is 0.0253. The summed E-state index contributed by atoms with van der Waals surface area (Å²) in [5.74, 6) is 1.24. The van der Waals surface area contributed by atoms with Crippen molar-refractivity contribution < 1.29 is 4.79 Å². The summed E-state index contributed by atoms with van der Waals surface area (Å²) in [7, 11) is 0. The number of hydrogen-bond donors (Lipinski definition) is 1. The highest BCUT2D eigenvalue weighted by Crippen LogP contribution is 2.34. The van der Waals surface area contributed by atoms with E-state index < -0.39 is 0 Å². The minimum atomic E-state index is 0.0253. The highest BCUT2D eigenvalue weighted by molar-refractivity contribution is 5.85. The van der Waals surface area contributed by atoms with E-state index in [1.165, 1.54) is 19.4 Å². The van der Waals surface area contributed by atoms with Gasteiger partial charge >= 0.3 is 0 Å². The molecule has 0 aromatic carbocycles. The number of nitrogens with zero attached hydrogens (tertiary/aromatic N) is 2. The lowest BCUT2D eigenvalue weighted by molar-refractivity contribution is -0.133. The highest BCUT2D eigenvalue weighted by atomic mass is 16.2. The van der Waals surface area contributed by atoms with Crippen LogP contribution in [0, 0.1) is 11.8 Å². The van der Waals surface area contributed by atoms with Gasteiger partial charge in [-0.2, -0.15) is 0 Å². The molecule has 0 aromatic heterocycles. The van der Waals surface area contributed by atoms with Gasteiger partial charge in [0.2, 0.25) is 5.91 Å². The van der Waals surface area contributed by atoms with Crippen LogP contribution in [0.25, 0.3) is 0 Å². The van der Waals surface area contributed by atoms with E-state index in [2.05, 4.69) is 42.8 Å². The number of hydrogen-bond acceptors (Lipinski definition) is 3. The van der Waals surface area contributed by atoms with Gasteiger partial charge in [-0.15, -0.1) is 0 Å². The smallest absolute Gasteiger partial charge is 0.241 e. The molecule has 120 valence electrons. The summed E-state index contributed by atoms with van der Waals surface area (Å²) in [5.41, 5.74) is 0. The van der Waals surface area contributed by atoms with Crippen molar-refractivity contribution in [3.8, 4) is 0 Å². The van der Waals surface area contributed by atoms with Gasteiger partial charge in [0.25, 0.3) is 0 Å². The van der Waals surface area contributed by atoms with Crippen molar-refractivity contribution in [2.45, 2.75) is 77.7 Å². The predicted octanol–water partition coefficient (Wildman–Crippen LogP) is 2.05. The molecule has 2 aliphatic heterocycles. The third-order valence-corrected chi connectivity index (χ3v) is 5.67. The maximum atomic E-state index is 12.9. The Bertz CT molecular complexity index is 393. The summed E-state index contributed by atoms with van der Waals surface area (Å²) in [6, 6.07) is 1.27. The van der Waals surface area contributed by atoms with Gasteiger partial charge in [0.15, 0.2) is 0 Å². The van der Waals surface area contributed by atoms with Gasteiger partial charge in [-0.25, -0.2) is 0 Å². The molecule has 0 bridgehead atoms. The molecule has 1 N–H and O–H groups in total. The van der Waals surface area contributed by atoms with Crippen LogP contribution < -0.4 is 5.32 Å². The molecule has 3 rings (SSSR count). The second kappa shape index (κ2) is 5.88. The molecule has 4 unspecified atom stereocenters. The fourth-order valence-corrected chi connectivity index (χ4v) is 3.96. The molecule has 0 aromatic rings. The molecule has 3 aliphatic rings. The van der Waals surface area contributed by atoms with E-state index >= 15 is 0 Å². The molecule has 4 atom stereocenters. The molecule has 1 saturated carbocycles. The van der Waals surface area contributed by atoms with E-state index in [4.69, 9.17) is 0 Å². The Kier molecular flexibility index (Phi) is 4.28. The van der Waals surface area contributed by atoms with Crippen LogP contribution in [0.1, 0.15) is 53.4 Å². The molecule has 4 nitrogen and oxygen atoms in total. The molecule has 21 heavy (non-hydrogen) atoms. The van der Waals surface area contributed by atoms with Crippen LogP contribution in [0.15, 0.2) is 0 Å². The largest absolute Gasteiger partial charge is 0.321 e. The summed E-state index contributed by atoms with van der Waals surface area (Å²) in [5, 5.41) is 3.64. The second-order valence-corrected chi connectivity index (χ2v) is 7.63. The molecule has 2 heterocycles. The second-order valence-electron chi connectivity index (χ2n) is 7.63. The Labute approximate surface area is 129 Å². The fourth-order valence-electron chi connectivity index (χ4n) is 3.96. The van der Waals surface area contributed by atoms with E-state index in [0.29, 0.717) is 23.8 Å². The van der Waals surface area contributed by atoms with Gasteiger partial charge < -0.3 is 4.90 Å². The Morgan fingerprint density at radius 3 is 2.48 bits per heavy atom. The van der Waals surface area contributed by atoms with Gasteiger partial charge in [0.1, 0.15) is 0 Å². The molecular formula is C17H31N3O. The van der Waals surface area contributed by atoms with Crippen molar-refractivity contribution in [3.63, 3.8) is 0 Å².